The zero-order valence-electron chi connectivity index (χ0n) is 19.1. The molecular formula is C27H37ClO3. The third kappa shape index (κ3) is 7.88. The van der Waals surface area contributed by atoms with Crippen LogP contribution in [0.1, 0.15) is 71.3 Å². The molecule has 1 aromatic carbocycles. The Bertz CT molecular complexity index is 788. The molecule has 1 N–H and O–H groups in total. The summed E-state index contributed by atoms with van der Waals surface area (Å²) in [6.45, 7) is 6.14. The quantitative estimate of drug-likeness (QED) is 0.192. The first kappa shape index (κ1) is 25.3. The number of halogens is 1. The maximum atomic E-state index is 11.5. The van der Waals surface area contributed by atoms with E-state index in [4.69, 9.17) is 16.3 Å². The van der Waals surface area contributed by atoms with Gasteiger partial charge in [0, 0.05) is 0 Å². The van der Waals surface area contributed by atoms with Gasteiger partial charge in [-0.25, -0.2) is 4.79 Å². The molecule has 0 bridgehead atoms. The van der Waals surface area contributed by atoms with Gasteiger partial charge in [0.2, 0.25) is 0 Å². The van der Waals surface area contributed by atoms with Gasteiger partial charge in [0.05, 0.1) is 5.02 Å². The Labute approximate surface area is 192 Å². The fourth-order valence-corrected chi connectivity index (χ4v) is 4.42. The van der Waals surface area contributed by atoms with E-state index >= 15 is 0 Å². The lowest BCUT2D eigenvalue weighted by atomic mass is 9.68. The van der Waals surface area contributed by atoms with Gasteiger partial charge in [-0.2, -0.15) is 0 Å². The summed E-state index contributed by atoms with van der Waals surface area (Å²) >= 11 is 6.39. The van der Waals surface area contributed by atoms with Crippen LogP contribution in [0.3, 0.4) is 0 Å². The summed E-state index contributed by atoms with van der Waals surface area (Å²) in [5.74, 6) is 0.780. The molecule has 1 aliphatic rings. The summed E-state index contributed by atoms with van der Waals surface area (Å²) < 4.78 is 5.88. The monoisotopic (exact) mass is 444 g/mol. The smallest absolute Gasteiger partial charge is 0.344 e. The summed E-state index contributed by atoms with van der Waals surface area (Å²) in [4.78, 5) is 11.5. The van der Waals surface area contributed by atoms with Crippen molar-refractivity contribution >= 4 is 17.6 Å². The van der Waals surface area contributed by atoms with Crippen LogP contribution in [0, 0.1) is 11.8 Å². The molecule has 1 fully saturated rings. The van der Waals surface area contributed by atoms with Crippen LogP contribution >= 0.6 is 11.6 Å². The highest BCUT2D eigenvalue weighted by Gasteiger charge is 2.32. The molecule has 0 saturated heterocycles. The van der Waals surface area contributed by atoms with Crippen LogP contribution in [0.5, 0.6) is 5.75 Å². The van der Waals surface area contributed by atoms with E-state index in [1.807, 2.05) is 19.1 Å². The van der Waals surface area contributed by atoms with Gasteiger partial charge < -0.3 is 9.84 Å². The number of benzene rings is 1. The molecule has 170 valence electrons. The van der Waals surface area contributed by atoms with Crippen LogP contribution in [0.2, 0.25) is 5.02 Å². The zero-order valence-corrected chi connectivity index (χ0v) is 19.9. The standard InChI is InChI=1S/C27H37ClO3/c1-4-7-8-9-10-11-14-21(6-3)23-18-20(19-23)17-22-15-12-16-24(28)26(22)31-25(13-5-2)27(29)30/h4,6-7,11-12,14-16,20,23,25H,5,8-10,13,17-19H2,1-3H3,(H,29,30)/b7-4+,14-11-,21-6+. The Morgan fingerprint density at radius 1 is 1.26 bits per heavy atom. The molecule has 0 aromatic heterocycles. The van der Waals surface area contributed by atoms with Crippen molar-refractivity contribution in [1.82, 2.24) is 0 Å². The van der Waals surface area contributed by atoms with Crippen molar-refractivity contribution in [2.24, 2.45) is 11.8 Å². The molecule has 2 rings (SSSR count). The highest BCUT2D eigenvalue weighted by molar-refractivity contribution is 6.32. The summed E-state index contributed by atoms with van der Waals surface area (Å²) in [7, 11) is 0. The Balaban J connectivity index is 1.93. The molecule has 1 aromatic rings. The van der Waals surface area contributed by atoms with Crippen molar-refractivity contribution in [3.8, 4) is 5.75 Å². The van der Waals surface area contributed by atoms with Gasteiger partial charge >= 0.3 is 5.97 Å². The molecule has 4 heteroatoms. The Kier molecular flexibility index (Phi) is 10.9. The third-order valence-corrected chi connectivity index (χ3v) is 6.27. The van der Waals surface area contributed by atoms with Crippen LogP contribution in [-0.2, 0) is 11.2 Å². The minimum atomic E-state index is -0.938. The van der Waals surface area contributed by atoms with Crippen LogP contribution in [0.15, 0.2) is 54.2 Å². The molecule has 0 heterocycles. The molecule has 1 atom stereocenters. The van der Waals surface area contributed by atoms with Crippen molar-refractivity contribution < 1.29 is 14.6 Å². The van der Waals surface area contributed by atoms with E-state index in [1.54, 1.807) is 6.07 Å². The SMILES string of the molecule is C/C=C(\C=C/CCC/C=C/C)C1CC(Cc2cccc(Cl)c2OC(CCC)C(=O)O)C1. The molecule has 1 saturated carbocycles. The molecule has 0 spiro atoms. The molecule has 0 amide bonds. The predicted octanol–water partition coefficient (Wildman–Crippen LogP) is 7.79. The Morgan fingerprint density at radius 2 is 2.00 bits per heavy atom. The Hall–Kier alpha value is -2.00. The summed E-state index contributed by atoms with van der Waals surface area (Å²) in [6, 6.07) is 5.71. The number of hydrogen-bond acceptors (Lipinski definition) is 2. The highest BCUT2D eigenvalue weighted by atomic mass is 35.5. The van der Waals surface area contributed by atoms with Crippen molar-refractivity contribution in [1.29, 1.82) is 0 Å². The number of hydrogen-bond donors (Lipinski definition) is 1. The van der Waals surface area contributed by atoms with Crippen LogP contribution < -0.4 is 4.74 Å². The largest absolute Gasteiger partial charge is 0.479 e. The number of rotatable bonds is 13. The Morgan fingerprint density at radius 3 is 2.65 bits per heavy atom. The van der Waals surface area contributed by atoms with Crippen molar-refractivity contribution in [2.75, 3.05) is 0 Å². The van der Waals surface area contributed by atoms with Gasteiger partial charge in [0.25, 0.3) is 0 Å². The van der Waals surface area contributed by atoms with Gasteiger partial charge in [-0.3, -0.25) is 0 Å². The normalized spacial score (nSPS) is 20.2. The second-order valence-electron chi connectivity index (χ2n) is 8.39. The van der Waals surface area contributed by atoms with Gasteiger partial charge in [0.1, 0.15) is 5.75 Å². The maximum absolute atomic E-state index is 11.5. The second-order valence-corrected chi connectivity index (χ2v) is 8.80. The molecule has 0 aliphatic heterocycles. The summed E-state index contributed by atoms with van der Waals surface area (Å²) in [5.41, 5.74) is 2.44. The number of aliphatic carboxylic acids is 1. The average molecular weight is 445 g/mol. The lowest BCUT2D eigenvalue weighted by molar-refractivity contribution is -0.145. The van der Waals surface area contributed by atoms with Crippen molar-refractivity contribution in [2.45, 2.75) is 78.2 Å². The van der Waals surface area contributed by atoms with E-state index in [0.29, 0.717) is 29.0 Å². The van der Waals surface area contributed by atoms with E-state index in [1.165, 1.54) is 12.0 Å². The predicted molar refractivity (Wildman–Crippen MR) is 130 cm³/mol. The zero-order chi connectivity index (χ0) is 22.6. The van der Waals surface area contributed by atoms with Gasteiger partial charge in [0.15, 0.2) is 6.10 Å². The van der Waals surface area contributed by atoms with Gasteiger partial charge in [-0.15, -0.1) is 0 Å². The molecule has 31 heavy (non-hydrogen) atoms. The lowest BCUT2D eigenvalue weighted by Gasteiger charge is -2.37. The van der Waals surface area contributed by atoms with E-state index in [9.17, 15) is 9.90 Å². The van der Waals surface area contributed by atoms with E-state index < -0.39 is 12.1 Å². The molecule has 1 aliphatic carbocycles. The first-order valence-electron chi connectivity index (χ1n) is 11.6. The first-order valence-corrected chi connectivity index (χ1v) is 12.0. The average Bonchev–Trinajstić information content (AvgIpc) is 2.72. The number of allylic oxidation sites excluding steroid dienone is 6. The minimum Gasteiger partial charge on any atom is -0.479 e. The minimum absolute atomic E-state index is 0.469. The fraction of sp³-hybridized carbons (Fsp3) is 0.519. The number of unbranched alkanes of at least 4 members (excludes halogenated alkanes) is 2. The van der Waals surface area contributed by atoms with E-state index in [-0.39, 0.29) is 0 Å². The highest BCUT2D eigenvalue weighted by Crippen LogP contribution is 2.43. The van der Waals surface area contributed by atoms with E-state index in [0.717, 1.165) is 44.1 Å². The number of carboxylic acids is 1. The van der Waals surface area contributed by atoms with Gasteiger partial charge in [-0.1, -0.05) is 67.5 Å². The number of carbonyl (C=O) groups is 1. The fourth-order valence-electron chi connectivity index (χ4n) is 4.18. The topological polar surface area (TPSA) is 46.5 Å². The molecular weight excluding hydrogens is 408 g/mol. The third-order valence-electron chi connectivity index (χ3n) is 5.97. The van der Waals surface area contributed by atoms with Crippen LogP contribution in [0.4, 0.5) is 0 Å². The second kappa shape index (κ2) is 13.4. The first-order chi connectivity index (χ1) is 15.0. The number of ether oxygens (including phenoxy) is 1. The molecule has 0 radical (unpaired) electrons. The van der Waals surface area contributed by atoms with E-state index in [2.05, 4.69) is 44.2 Å². The van der Waals surface area contributed by atoms with Gasteiger partial charge in [-0.05, 0) is 87.8 Å². The lowest BCUT2D eigenvalue weighted by Crippen LogP contribution is -2.29. The summed E-state index contributed by atoms with van der Waals surface area (Å²) in [6.07, 6.45) is 18.1. The number of para-hydroxylation sites is 1. The molecule has 1 unspecified atom stereocenters. The van der Waals surface area contributed by atoms with Crippen LogP contribution in [0.25, 0.3) is 0 Å². The van der Waals surface area contributed by atoms with Crippen molar-refractivity contribution in [3.05, 3.63) is 64.7 Å². The van der Waals surface area contributed by atoms with Crippen molar-refractivity contribution in [3.63, 3.8) is 0 Å². The molecule has 3 nitrogen and oxygen atoms in total. The van der Waals surface area contributed by atoms with Crippen LogP contribution in [-0.4, -0.2) is 17.2 Å². The summed E-state index contributed by atoms with van der Waals surface area (Å²) in [5, 5.41) is 9.95. The number of carboxylic acid groups (broad SMARTS) is 1. The maximum Gasteiger partial charge on any atom is 0.344 e.